The summed E-state index contributed by atoms with van der Waals surface area (Å²) in [5.74, 6) is -2.26. The molecule has 8 heteroatoms. The normalized spacial score (nSPS) is 12.1. The van der Waals surface area contributed by atoms with Crippen molar-refractivity contribution in [2.24, 2.45) is 4.40 Å². The molecule has 0 amide bonds. The lowest BCUT2D eigenvalue weighted by molar-refractivity contribution is 0.268. The summed E-state index contributed by atoms with van der Waals surface area (Å²) in [6.45, 7) is -0.848. The van der Waals surface area contributed by atoms with Crippen molar-refractivity contribution in [1.29, 1.82) is 0 Å². The van der Waals surface area contributed by atoms with Gasteiger partial charge in [-0.25, -0.2) is 8.78 Å². The van der Waals surface area contributed by atoms with Crippen LogP contribution in [0.3, 0.4) is 0 Å². The molecule has 0 fully saturated rings. The smallest absolute Gasteiger partial charge is 0.283 e. The third kappa shape index (κ3) is 3.23. The van der Waals surface area contributed by atoms with Crippen molar-refractivity contribution < 1.29 is 22.3 Å². The minimum Gasteiger partial charge on any atom is -0.391 e. The van der Waals surface area contributed by atoms with E-state index < -0.39 is 38.7 Å². The third-order valence-corrected chi connectivity index (χ3v) is 3.19. The van der Waals surface area contributed by atoms with E-state index >= 15 is 0 Å². The Labute approximate surface area is 103 Å². The second-order valence-corrected chi connectivity index (χ2v) is 5.32. The van der Waals surface area contributed by atoms with E-state index in [1.165, 1.54) is 4.90 Å². The Kier molecular flexibility index (Phi) is 4.36. The zero-order valence-corrected chi connectivity index (χ0v) is 10.6. The molecule has 1 aromatic rings. The van der Waals surface area contributed by atoms with Crippen LogP contribution in [0.4, 0.5) is 8.78 Å². The van der Waals surface area contributed by atoms with E-state index in [2.05, 4.69) is 4.40 Å². The van der Waals surface area contributed by atoms with Crippen molar-refractivity contribution in [2.75, 3.05) is 14.1 Å². The highest BCUT2D eigenvalue weighted by atomic mass is 32.2. The van der Waals surface area contributed by atoms with E-state index in [0.29, 0.717) is 12.1 Å². The van der Waals surface area contributed by atoms with Crippen LogP contribution in [0.5, 0.6) is 0 Å². The maximum absolute atomic E-state index is 13.3. The van der Waals surface area contributed by atoms with Gasteiger partial charge in [-0.3, -0.25) is 0 Å². The summed E-state index contributed by atoms with van der Waals surface area (Å²) in [6.07, 6.45) is 1.01. The predicted molar refractivity (Wildman–Crippen MR) is 61.6 cm³/mol. The summed E-state index contributed by atoms with van der Waals surface area (Å²) >= 11 is 0. The molecule has 18 heavy (non-hydrogen) atoms. The van der Waals surface area contributed by atoms with Gasteiger partial charge in [0.05, 0.1) is 11.5 Å². The summed E-state index contributed by atoms with van der Waals surface area (Å²) in [6, 6.07) is 1.24. The highest BCUT2D eigenvalue weighted by Gasteiger charge is 2.18. The van der Waals surface area contributed by atoms with Gasteiger partial charge in [0.25, 0.3) is 10.0 Å². The molecule has 1 aromatic carbocycles. The number of halogens is 2. The van der Waals surface area contributed by atoms with Crippen LogP contribution in [0.15, 0.2) is 21.4 Å². The molecule has 0 spiro atoms. The maximum atomic E-state index is 13.3. The Hall–Kier alpha value is -1.54. The van der Waals surface area contributed by atoms with E-state index in [9.17, 15) is 17.2 Å². The van der Waals surface area contributed by atoms with Crippen molar-refractivity contribution in [2.45, 2.75) is 11.5 Å². The first-order valence-corrected chi connectivity index (χ1v) is 6.27. The molecule has 1 N–H and O–H groups in total. The molecular weight excluding hydrogens is 266 g/mol. The van der Waals surface area contributed by atoms with E-state index in [1.54, 1.807) is 14.1 Å². The summed E-state index contributed by atoms with van der Waals surface area (Å²) in [5, 5.41) is 8.70. The van der Waals surface area contributed by atoms with Crippen LogP contribution in [-0.4, -0.2) is 38.9 Å². The van der Waals surface area contributed by atoms with Crippen LogP contribution in [-0.2, 0) is 16.6 Å². The van der Waals surface area contributed by atoms with Crippen molar-refractivity contribution in [1.82, 2.24) is 4.90 Å². The first kappa shape index (κ1) is 14.5. The van der Waals surface area contributed by atoms with Crippen LogP contribution < -0.4 is 0 Å². The van der Waals surface area contributed by atoms with Crippen molar-refractivity contribution >= 4 is 16.4 Å². The molecular formula is C10H12F2N2O3S. The monoisotopic (exact) mass is 278 g/mol. The summed E-state index contributed by atoms with van der Waals surface area (Å²) in [4.78, 5) is 0.764. The fourth-order valence-electron chi connectivity index (χ4n) is 1.10. The fourth-order valence-corrected chi connectivity index (χ4v) is 2.04. The number of sulfonamides is 1. The minimum atomic E-state index is -4.16. The molecule has 0 radical (unpaired) electrons. The molecule has 0 aliphatic rings. The van der Waals surface area contributed by atoms with E-state index in [1.807, 2.05) is 0 Å². The zero-order valence-electron chi connectivity index (χ0n) is 9.76. The second kappa shape index (κ2) is 5.40. The van der Waals surface area contributed by atoms with Gasteiger partial charge in [-0.05, 0) is 12.1 Å². The Morgan fingerprint density at radius 3 is 2.22 bits per heavy atom. The quantitative estimate of drug-likeness (QED) is 0.651. The molecule has 0 heterocycles. The van der Waals surface area contributed by atoms with E-state index in [4.69, 9.17) is 5.11 Å². The van der Waals surface area contributed by atoms with Gasteiger partial charge in [-0.2, -0.15) is 8.42 Å². The van der Waals surface area contributed by atoms with E-state index in [0.717, 1.165) is 6.34 Å². The topological polar surface area (TPSA) is 70.0 Å². The molecule has 0 atom stereocenters. The van der Waals surface area contributed by atoms with Gasteiger partial charge >= 0.3 is 0 Å². The standard InChI is InChI=1S/C10H12F2N2O3S/c1-14(2)6-13-18(16,17)7-3-9(11)8(5-15)10(12)4-7/h3-4,6,15H,5H2,1-2H3/b13-6-. The number of aliphatic hydroxyl groups is 1. The van der Waals surface area contributed by atoms with Crippen LogP contribution >= 0.6 is 0 Å². The molecule has 100 valence electrons. The maximum Gasteiger partial charge on any atom is 0.283 e. The molecule has 0 aromatic heterocycles. The third-order valence-electron chi connectivity index (χ3n) is 1.99. The van der Waals surface area contributed by atoms with Gasteiger partial charge < -0.3 is 10.0 Å². The zero-order chi connectivity index (χ0) is 13.9. The van der Waals surface area contributed by atoms with Gasteiger partial charge in [0.15, 0.2) is 0 Å². The highest BCUT2D eigenvalue weighted by Crippen LogP contribution is 2.20. The Morgan fingerprint density at radius 1 is 1.33 bits per heavy atom. The second-order valence-electron chi connectivity index (χ2n) is 3.68. The van der Waals surface area contributed by atoms with Crippen LogP contribution in [0.2, 0.25) is 0 Å². The lowest BCUT2D eigenvalue weighted by atomic mass is 10.2. The van der Waals surface area contributed by atoms with Crippen molar-refractivity contribution in [3.63, 3.8) is 0 Å². The molecule has 0 unspecified atom stereocenters. The molecule has 1 rings (SSSR count). The first-order valence-electron chi connectivity index (χ1n) is 4.83. The van der Waals surface area contributed by atoms with Gasteiger partial charge in [0.2, 0.25) is 0 Å². The van der Waals surface area contributed by atoms with Crippen molar-refractivity contribution in [3.8, 4) is 0 Å². The molecule has 0 aliphatic heterocycles. The van der Waals surface area contributed by atoms with Crippen LogP contribution in [0.1, 0.15) is 5.56 Å². The van der Waals surface area contributed by atoms with Gasteiger partial charge in [0, 0.05) is 19.7 Å². The van der Waals surface area contributed by atoms with Gasteiger partial charge in [-0.1, -0.05) is 0 Å². The minimum absolute atomic E-state index is 0.578. The van der Waals surface area contributed by atoms with Gasteiger partial charge in [-0.15, -0.1) is 4.40 Å². The fraction of sp³-hybridized carbons (Fsp3) is 0.300. The van der Waals surface area contributed by atoms with Crippen molar-refractivity contribution in [3.05, 3.63) is 29.3 Å². The summed E-state index contributed by atoms with van der Waals surface area (Å²) < 4.78 is 53.1. The predicted octanol–water partition coefficient (Wildman–Crippen LogP) is 0.736. The van der Waals surface area contributed by atoms with Crippen LogP contribution in [0.25, 0.3) is 0 Å². The number of nitrogens with zero attached hydrogens (tertiary/aromatic N) is 2. The Balaban J connectivity index is 3.27. The molecule has 0 saturated heterocycles. The van der Waals surface area contributed by atoms with E-state index in [-0.39, 0.29) is 0 Å². The van der Waals surface area contributed by atoms with Crippen LogP contribution in [0, 0.1) is 11.6 Å². The molecule has 0 bridgehead atoms. The molecule has 5 nitrogen and oxygen atoms in total. The number of rotatable bonds is 4. The highest BCUT2D eigenvalue weighted by molar-refractivity contribution is 7.90. The first-order chi connectivity index (χ1) is 8.27. The lowest BCUT2D eigenvalue weighted by Crippen LogP contribution is -2.10. The average molecular weight is 278 g/mol. The molecule has 0 aliphatic carbocycles. The number of benzene rings is 1. The largest absolute Gasteiger partial charge is 0.391 e. The van der Waals surface area contributed by atoms with Gasteiger partial charge in [0.1, 0.15) is 18.0 Å². The average Bonchev–Trinajstić information content (AvgIpc) is 2.26. The Bertz CT molecular complexity index is 547. The number of hydrogen-bond donors (Lipinski definition) is 1. The number of hydrogen-bond acceptors (Lipinski definition) is 3. The Morgan fingerprint density at radius 2 is 1.83 bits per heavy atom. The summed E-state index contributed by atoms with van der Waals surface area (Å²) in [5.41, 5.74) is -0.578. The molecule has 0 saturated carbocycles. The lowest BCUT2D eigenvalue weighted by Gasteiger charge is -2.06. The SMILES string of the molecule is CN(C)/C=N\S(=O)(=O)c1cc(F)c(CO)c(F)c1. The summed E-state index contributed by atoms with van der Waals surface area (Å²) in [7, 11) is -1.06. The number of aliphatic hydroxyl groups excluding tert-OH is 1.